The third-order valence-corrected chi connectivity index (χ3v) is 5.23. The predicted molar refractivity (Wildman–Crippen MR) is 99.6 cm³/mol. The number of nitrogens with zero attached hydrogens (tertiary/aromatic N) is 2. The van der Waals surface area contributed by atoms with Gasteiger partial charge in [-0.05, 0) is 31.2 Å². The lowest BCUT2D eigenvalue weighted by molar-refractivity contribution is -0.118. The van der Waals surface area contributed by atoms with Gasteiger partial charge in [0.25, 0.3) is 0 Å². The summed E-state index contributed by atoms with van der Waals surface area (Å²) in [7, 11) is 0. The number of ketones is 1. The molecule has 1 N–H and O–H groups in total. The average molecular weight is 335 g/mol. The minimum Gasteiger partial charge on any atom is -0.343 e. The lowest BCUT2D eigenvalue weighted by atomic mass is 9.69. The van der Waals surface area contributed by atoms with Crippen LogP contribution in [0.4, 0.5) is 5.82 Å². The number of benzene rings is 1. The maximum absolute atomic E-state index is 13.1. The van der Waals surface area contributed by atoms with Crippen LogP contribution in [0.5, 0.6) is 0 Å². The summed E-state index contributed by atoms with van der Waals surface area (Å²) in [4.78, 5) is 13.1. The van der Waals surface area contributed by atoms with Crippen LogP contribution in [-0.2, 0) is 4.79 Å². The van der Waals surface area contributed by atoms with E-state index in [0.29, 0.717) is 6.42 Å². The smallest absolute Gasteiger partial charge is 0.162 e. The molecule has 0 saturated carbocycles. The number of nitrogens with one attached hydrogen (secondary N) is 1. The van der Waals surface area contributed by atoms with Crippen LogP contribution in [0.2, 0.25) is 0 Å². The minimum absolute atomic E-state index is 0.00958. The Labute approximate surface area is 148 Å². The number of aromatic nitrogens is 2. The molecule has 0 spiro atoms. The monoisotopic (exact) mass is 335 g/mol. The summed E-state index contributed by atoms with van der Waals surface area (Å²) < 4.78 is 2.03. The first kappa shape index (κ1) is 16.1. The van der Waals surface area contributed by atoms with E-state index in [1.165, 1.54) is 0 Å². The van der Waals surface area contributed by atoms with Crippen molar-refractivity contribution in [1.29, 1.82) is 0 Å². The molecule has 1 atom stereocenters. The molecule has 25 heavy (non-hydrogen) atoms. The molecule has 0 amide bonds. The van der Waals surface area contributed by atoms with Gasteiger partial charge in [0.1, 0.15) is 5.82 Å². The molecule has 4 rings (SSSR count). The summed E-state index contributed by atoms with van der Waals surface area (Å²) in [6.45, 7) is 8.60. The van der Waals surface area contributed by atoms with Crippen LogP contribution in [0.25, 0.3) is 0 Å². The molecular weight excluding hydrogens is 310 g/mol. The normalized spacial score (nSPS) is 21.8. The summed E-state index contributed by atoms with van der Waals surface area (Å²) >= 11 is 0. The molecule has 1 aromatic heterocycles. The highest BCUT2D eigenvalue weighted by atomic mass is 16.1. The third kappa shape index (κ3) is 2.60. The molecule has 0 fully saturated rings. The van der Waals surface area contributed by atoms with Gasteiger partial charge in [0.2, 0.25) is 0 Å². The van der Waals surface area contributed by atoms with Crippen LogP contribution in [-0.4, -0.2) is 15.6 Å². The molecule has 4 heteroatoms. The molecule has 1 aliphatic heterocycles. The summed E-state index contributed by atoms with van der Waals surface area (Å²) in [5.41, 5.74) is 4.26. The molecule has 1 aliphatic carbocycles. The number of anilines is 1. The van der Waals surface area contributed by atoms with Gasteiger partial charge in [0.15, 0.2) is 5.78 Å². The van der Waals surface area contributed by atoms with Crippen LogP contribution in [0, 0.1) is 5.41 Å². The Kier molecular flexibility index (Phi) is 3.60. The molecule has 130 valence electrons. The second kappa shape index (κ2) is 5.58. The van der Waals surface area contributed by atoms with Gasteiger partial charge in [-0.2, -0.15) is 5.10 Å². The van der Waals surface area contributed by atoms with Crippen molar-refractivity contribution in [2.24, 2.45) is 5.41 Å². The number of fused-ring (bicyclic) bond motifs is 1. The molecule has 0 saturated heterocycles. The highest BCUT2D eigenvalue weighted by Gasteiger charge is 2.41. The Morgan fingerprint density at radius 2 is 1.92 bits per heavy atom. The number of allylic oxidation sites excluding steroid dienone is 2. The van der Waals surface area contributed by atoms with Crippen molar-refractivity contribution in [3.05, 3.63) is 58.9 Å². The number of hydrogen-bond acceptors (Lipinski definition) is 3. The van der Waals surface area contributed by atoms with Crippen LogP contribution in [0.3, 0.4) is 0 Å². The van der Waals surface area contributed by atoms with E-state index in [4.69, 9.17) is 0 Å². The fourth-order valence-electron chi connectivity index (χ4n) is 4.18. The van der Waals surface area contributed by atoms with Gasteiger partial charge in [-0.3, -0.25) is 4.79 Å². The highest BCUT2D eigenvalue weighted by Crippen LogP contribution is 2.49. The van der Waals surface area contributed by atoms with Crippen molar-refractivity contribution in [2.45, 2.75) is 52.5 Å². The number of carbonyl (C=O) groups excluding carboxylic acids is 1. The van der Waals surface area contributed by atoms with Crippen LogP contribution >= 0.6 is 0 Å². The van der Waals surface area contributed by atoms with Gasteiger partial charge in [0, 0.05) is 35.2 Å². The molecule has 0 unspecified atom stereocenters. The van der Waals surface area contributed by atoms with E-state index < -0.39 is 0 Å². The second-order valence-electron chi connectivity index (χ2n) is 8.29. The first-order valence-electron chi connectivity index (χ1n) is 9.03. The topological polar surface area (TPSA) is 46.9 Å². The average Bonchev–Trinajstić information content (AvgIpc) is 2.96. The Morgan fingerprint density at radius 3 is 2.60 bits per heavy atom. The van der Waals surface area contributed by atoms with Gasteiger partial charge >= 0.3 is 0 Å². The molecule has 2 aromatic rings. The number of hydrogen-bond donors (Lipinski definition) is 1. The zero-order valence-corrected chi connectivity index (χ0v) is 15.3. The van der Waals surface area contributed by atoms with Crippen molar-refractivity contribution in [1.82, 2.24) is 9.78 Å². The van der Waals surface area contributed by atoms with E-state index >= 15 is 0 Å². The zero-order valence-electron chi connectivity index (χ0n) is 15.3. The Hall–Kier alpha value is -2.36. The van der Waals surface area contributed by atoms with E-state index in [2.05, 4.69) is 50.2 Å². The number of Topliss-reactive ketones (excluding diaryl/α,β-unsaturated/α-hetero) is 1. The lowest BCUT2D eigenvalue weighted by Gasteiger charge is -2.38. The largest absolute Gasteiger partial charge is 0.343 e. The van der Waals surface area contributed by atoms with Gasteiger partial charge in [-0.1, -0.05) is 44.2 Å². The van der Waals surface area contributed by atoms with Crippen LogP contribution in [0.15, 0.2) is 47.8 Å². The van der Waals surface area contributed by atoms with Crippen molar-refractivity contribution in [3.63, 3.8) is 0 Å². The minimum atomic E-state index is -0.0245. The number of carbonyl (C=O) groups is 1. The fourth-order valence-corrected chi connectivity index (χ4v) is 4.18. The van der Waals surface area contributed by atoms with Crippen LogP contribution < -0.4 is 5.32 Å². The summed E-state index contributed by atoms with van der Waals surface area (Å²) in [6, 6.07) is 10.6. The van der Waals surface area contributed by atoms with Crippen molar-refractivity contribution in [3.8, 4) is 0 Å². The Bertz CT molecular complexity index is 859. The van der Waals surface area contributed by atoms with Gasteiger partial charge in [-0.15, -0.1) is 0 Å². The van der Waals surface area contributed by atoms with Crippen LogP contribution in [0.1, 0.15) is 63.6 Å². The number of rotatable bonds is 2. The highest BCUT2D eigenvalue weighted by molar-refractivity contribution is 6.01. The molecule has 1 aromatic carbocycles. The standard InChI is InChI=1S/C21H25N3O/c1-13(2)24-20-15(12-22-24)18(14-8-6-5-7-9-14)19-16(23-20)10-21(3,4)11-17(19)25/h5-9,12-13,18,23H,10-11H2,1-4H3/t18-/m0/s1. The molecule has 0 radical (unpaired) electrons. The van der Waals surface area contributed by atoms with Crippen molar-refractivity contribution < 1.29 is 4.79 Å². The van der Waals surface area contributed by atoms with Gasteiger partial charge in [-0.25, -0.2) is 4.68 Å². The van der Waals surface area contributed by atoms with Crippen molar-refractivity contribution in [2.75, 3.05) is 5.32 Å². The van der Waals surface area contributed by atoms with E-state index in [-0.39, 0.29) is 23.2 Å². The van der Waals surface area contributed by atoms with E-state index in [1.807, 2.05) is 29.1 Å². The zero-order chi connectivity index (χ0) is 17.8. The SMILES string of the molecule is CC(C)n1ncc2c1NC1=C(C(=O)CC(C)(C)C1)[C@H]2c1ccccc1. The predicted octanol–water partition coefficient (Wildman–Crippen LogP) is 4.66. The fraction of sp³-hybridized carbons (Fsp3) is 0.429. The molecule has 4 nitrogen and oxygen atoms in total. The van der Waals surface area contributed by atoms with E-state index in [9.17, 15) is 4.79 Å². The second-order valence-corrected chi connectivity index (χ2v) is 8.29. The van der Waals surface area contributed by atoms with Crippen molar-refractivity contribution >= 4 is 11.6 Å². The quantitative estimate of drug-likeness (QED) is 0.868. The Balaban J connectivity index is 1.93. The maximum atomic E-state index is 13.1. The maximum Gasteiger partial charge on any atom is 0.162 e. The Morgan fingerprint density at radius 1 is 1.20 bits per heavy atom. The van der Waals surface area contributed by atoms with Gasteiger partial charge < -0.3 is 5.32 Å². The lowest BCUT2D eigenvalue weighted by Crippen LogP contribution is -2.34. The first-order chi connectivity index (χ1) is 11.9. The molecule has 2 aliphatic rings. The van der Waals surface area contributed by atoms with Gasteiger partial charge in [0.05, 0.1) is 6.20 Å². The summed E-state index contributed by atoms with van der Waals surface area (Å²) in [5.74, 6) is 1.27. The summed E-state index contributed by atoms with van der Waals surface area (Å²) in [5, 5.41) is 8.18. The summed E-state index contributed by atoms with van der Waals surface area (Å²) in [6.07, 6.45) is 3.42. The third-order valence-electron chi connectivity index (χ3n) is 5.23. The molecule has 2 heterocycles. The van der Waals surface area contributed by atoms with E-state index in [0.717, 1.165) is 34.6 Å². The van der Waals surface area contributed by atoms with E-state index in [1.54, 1.807) is 0 Å². The molecular formula is C21H25N3O. The molecule has 0 bridgehead atoms. The first-order valence-corrected chi connectivity index (χ1v) is 9.03.